The number of halogens is 3. The van der Waals surface area contributed by atoms with Crippen LogP contribution in [0.2, 0.25) is 0 Å². The van der Waals surface area contributed by atoms with Gasteiger partial charge in [0.05, 0.1) is 106 Å². The highest BCUT2D eigenvalue weighted by Crippen LogP contribution is 2.31. The van der Waals surface area contributed by atoms with Crippen LogP contribution in [0, 0.1) is 53.0 Å². The Morgan fingerprint density at radius 3 is 1.32 bits per heavy atom. The fourth-order valence-electron chi connectivity index (χ4n) is 14.3. The van der Waals surface area contributed by atoms with Gasteiger partial charge < -0.3 is 78.5 Å². The molecule has 6 atom stereocenters. The first-order valence-electron chi connectivity index (χ1n) is 40.0. The van der Waals surface area contributed by atoms with Gasteiger partial charge in [-0.3, -0.25) is 19.3 Å². The number of carbonyl (C=O) groups excluding carboxylic acids is 3. The lowest BCUT2D eigenvalue weighted by Gasteiger charge is -2.37. The largest absolute Gasteiger partial charge is 0.391 e. The quantitative estimate of drug-likeness (QED) is 0.0292. The Morgan fingerprint density at radius 2 is 0.888 bits per heavy atom. The molecular weight excluding hydrogens is 1480 g/mol. The second-order valence-corrected chi connectivity index (χ2v) is 29.2. The number of likely N-dealkylation sites (tertiary alicyclic amines) is 1. The number of carbonyl (C=O) groups is 3. The Morgan fingerprint density at radius 1 is 0.483 bits per heavy atom. The summed E-state index contributed by atoms with van der Waals surface area (Å²) in [5.41, 5.74) is 14.4. The molecule has 5 N–H and O–H groups in total. The number of aliphatic hydroxyl groups excluding tert-OH is 1. The first-order valence-corrected chi connectivity index (χ1v) is 40.0. The van der Waals surface area contributed by atoms with E-state index in [0.29, 0.717) is 119 Å². The molecule has 4 aliphatic rings. The summed E-state index contributed by atoms with van der Waals surface area (Å²) in [5.74, 6) is 17.9. The van der Waals surface area contributed by atoms with Crippen molar-refractivity contribution in [1.82, 2.24) is 44.1 Å². The summed E-state index contributed by atoms with van der Waals surface area (Å²) in [7, 11) is 0. The summed E-state index contributed by atoms with van der Waals surface area (Å²) in [6.45, 7) is 23.1. The number of anilines is 3. The van der Waals surface area contributed by atoms with Crippen molar-refractivity contribution in [2.24, 2.45) is 5.73 Å². The highest BCUT2D eigenvalue weighted by atomic mass is 19.1. The molecular formula is C91H106F3N13O9. The molecule has 3 amide bonds. The zero-order valence-electron chi connectivity index (χ0n) is 66.6. The number of ether oxygens (including phenoxy) is 5. The number of aliphatic hydroxyl groups is 1. The Bertz CT molecular complexity index is 4720. The second-order valence-electron chi connectivity index (χ2n) is 29.2. The number of imidazole rings is 2. The van der Waals surface area contributed by atoms with Crippen LogP contribution in [0.5, 0.6) is 0 Å². The van der Waals surface area contributed by atoms with Gasteiger partial charge in [-0.1, -0.05) is 35.5 Å². The van der Waals surface area contributed by atoms with E-state index in [0.717, 1.165) is 119 Å². The lowest BCUT2D eigenvalue weighted by molar-refractivity contribution is -0.00549. The third-order valence-corrected chi connectivity index (χ3v) is 20.1. The maximum Gasteiger partial charge on any atom is 0.253 e. The van der Waals surface area contributed by atoms with Gasteiger partial charge in [-0.2, -0.15) is 0 Å². The van der Waals surface area contributed by atoms with Gasteiger partial charge in [0, 0.05) is 192 Å². The highest BCUT2D eigenvalue weighted by molar-refractivity contribution is 5.97. The lowest BCUT2D eigenvalue weighted by Crippen LogP contribution is -2.47. The fourth-order valence-corrected chi connectivity index (χ4v) is 14.3. The van der Waals surface area contributed by atoms with Crippen LogP contribution in [0.15, 0.2) is 189 Å². The minimum Gasteiger partial charge on any atom is -0.391 e. The maximum atomic E-state index is 13.6. The van der Waals surface area contributed by atoms with Crippen molar-refractivity contribution < 1.29 is 56.3 Å². The van der Waals surface area contributed by atoms with E-state index in [9.17, 15) is 32.7 Å². The van der Waals surface area contributed by atoms with Gasteiger partial charge in [0.25, 0.3) is 17.7 Å². The zero-order valence-corrected chi connectivity index (χ0v) is 66.6. The van der Waals surface area contributed by atoms with Crippen molar-refractivity contribution in [1.29, 1.82) is 0 Å². The Labute approximate surface area is 679 Å². The number of nitrogens with one attached hydrogen (secondary N) is 2. The first kappa shape index (κ1) is 85.9. The van der Waals surface area contributed by atoms with E-state index < -0.39 is 6.10 Å². The van der Waals surface area contributed by atoms with E-state index in [1.807, 2.05) is 110 Å². The third kappa shape index (κ3) is 26.8. The van der Waals surface area contributed by atoms with Crippen molar-refractivity contribution in [2.75, 3.05) is 146 Å². The molecule has 22 nitrogen and oxygen atoms in total. The summed E-state index contributed by atoms with van der Waals surface area (Å²) >= 11 is 0. The van der Waals surface area contributed by atoms with Crippen LogP contribution >= 0.6 is 0 Å². The Hall–Kier alpha value is -11.0. The van der Waals surface area contributed by atoms with E-state index in [1.165, 1.54) is 36.4 Å². The molecule has 4 fully saturated rings. The lowest BCUT2D eigenvalue weighted by atomic mass is 10.0. The number of morpholine rings is 2. The van der Waals surface area contributed by atoms with Crippen molar-refractivity contribution in [3.63, 3.8) is 0 Å². The van der Waals surface area contributed by atoms with Crippen LogP contribution in [0.25, 0.3) is 0 Å². The highest BCUT2D eigenvalue weighted by Gasteiger charge is 2.31. The standard InChI is InChI=1S/C33H43FN6O4.C31H34FN3O3.C27H29FN4O2/c34-31-7-3-28(4-8-31)2-5-29-26-30(33(41)37-11-1-13-39-14-12-36-27-39)6-9-32(29)40-17-15-38(16-18-40)19-21-43-23-25-44-24-22-42-20-10-35;1-22-20-35(21-23(2)38-22)28-12-9-26(19-25(28)8-5-24-6-10-27(32)11-7-24)31(37)34-17-13-29(30(36)14-18-34)33-15-3-4-16-33;1-20-17-32(18-21(2)34-20)26-11-8-24(27(33)30-12-3-14-31-15-13-29-19-31)16-23(26)7-4-22-5-9-25(28)10-6-22/h3-4,6-9,12,14,26-27H,1,10-11,13,15-25,35H2,(H,37,41);3-4,6-7,9-12,15-16,19,22-23,29-30,36H,13-14,17-18,20-21H2,1-2H3;5-6,8-11,13,15-16,19-21H,3,12,14,17-18H2,1-2H3,(H,30,33)/t;22-,23+,29-,30-;20-,21+/m.0./s1. The molecule has 6 aromatic carbocycles. The number of hydrogen-bond donors (Lipinski definition) is 4. The van der Waals surface area contributed by atoms with Gasteiger partial charge in [0.1, 0.15) is 17.5 Å². The van der Waals surface area contributed by atoms with E-state index in [4.69, 9.17) is 29.4 Å². The normalized spacial score (nSPS) is 18.1. The number of benzene rings is 6. The smallest absolute Gasteiger partial charge is 0.253 e. The number of piperazine rings is 1. The van der Waals surface area contributed by atoms with Crippen molar-refractivity contribution in [3.05, 3.63) is 257 Å². The summed E-state index contributed by atoms with van der Waals surface area (Å²) in [4.78, 5) is 58.5. The predicted molar refractivity (Wildman–Crippen MR) is 444 cm³/mol. The average Bonchev–Trinajstić information content (AvgIpc) is 1.69. The van der Waals surface area contributed by atoms with Crippen molar-refractivity contribution in [2.45, 2.75) is 103 Å². The first-order chi connectivity index (χ1) is 56.5. The number of nitrogens with zero attached hydrogens (tertiary/aromatic N) is 10. The Balaban J connectivity index is 0.000000172. The summed E-state index contributed by atoms with van der Waals surface area (Å²) in [6, 6.07) is 39.2. The number of aryl methyl sites for hydroxylation is 2. The third-order valence-electron chi connectivity index (χ3n) is 20.1. The molecule has 610 valence electrons. The van der Waals surface area contributed by atoms with Gasteiger partial charge in [-0.25, -0.2) is 23.1 Å². The molecule has 13 rings (SSSR count). The maximum absolute atomic E-state index is 13.6. The molecule has 0 spiro atoms. The minimum absolute atomic E-state index is 0.0485. The van der Waals surface area contributed by atoms with Gasteiger partial charge in [-0.05, 0) is 193 Å². The van der Waals surface area contributed by atoms with E-state index in [-0.39, 0.29) is 65.6 Å². The molecule has 0 unspecified atom stereocenters. The summed E-state index contributed by atoms with van der Waals surface area (Å²) in [6.07, 6.45) is 17.4. The number of amides is 3. The SMILES string of the molecule is C[C@@H]1CN(c2ccc(C(=O)N3CC[C@H](O)[C@@H](n4cccc4)CC3)cc2C#Cc2ccc(F)cc2)C[C@H](C)O1.C[C@@H]1CN(c2ccc(C(=O)NCCCn3ccnc3)cc2C#Cc2ccc(F)cc2)C[C@H](C)O1.NCCOCCOCCOCCN1CCN(c2ccc(C(=O)NCCCn3ccnc3)cc2C#Cc2ccc(F)cc2)CC1. The minimum atomic E-state index is -0.509. The van der Waals surface area contributed by atoms with E-state index >= 15 is 0 Å². The van der Waals surface area contributed by atoms with Crippen LogP contribution in [0.4, 0.5) is 30.2 Å². The molecule has 0 saturated carbocycles. The summed E-state index contributed by atoms with van der Waals surface area (Å²) < 4.78 is 74.4. The van der Waals surface area contributed by atoms with Gasteiger partial charge >= 0.3 is 0 Å². The molecule has 4 aliphatic heterocycles. The second kappa shape index (κ2) is 44.7. The molecule has 116 heavy (non-hydrogen) atoms. The number of hydrogen-bond acceptors (Lipinski definition) is 16. The van der Waals surface area contributed by atoms with Gasteiger partial charge in [-0.15, -0.1) is 0 Å². The number of nitrogens with two attached hydrogens (primary N) is 1. The van der Waals surface area contributed by atoms with Crippen molar-refractivity contribution >= 4 is 34.8 Å². The van der Waals surface area contributed by atoms with Gasteiger partial charge in [0.2, 0.25) is 0 Å². The molecule has 7 heterocycles. The monoisotopic (exact) mass is 1580 g/mol. The zero-order chi connectivity index (χ0) is 81.4. The fraction of sp³-hybridized carbons (Fsp3) is 0.396. The van der Waals surface area contributed by atoms with Gasteiger partial charge in [0.15, 0.2) is 0 Å². The molecule has 0 aliphatic carbocycles. The summed E-state index contributed by atoms with van der Waals surface area (Å²) in [5, 5.41) is 16.7. The molecule has 3 aromatic heterocycles. The molecule has 0 radical (unpaired) electrons. The molecule has 9 aromatic rings. The molecule has 0 bridgehead atoms. The van der Waals surface area contributed by atoms with Crippen LogP contribution in [-0.4, -0.2) is 218 Å². The topological polar surface area (TPSA) is 224 Å². The van der Waals surface area contributed by atoms with E-state index in [1.54, 1.807) is 61.4 Å². The average molecular weight is 1580 g/mol. The molecule has 4 saturated heterocycles. The van der Waals surface area contributed by atoms with Crippen LogP contribution in [-0.2, 0) is 36.8 Å². The van der Waals surface area contributed by atoms with Crippen LogP contribution in [0.1, 0.15) is 124 Å². The van der Waals surface area contributed by atoms with E-state index in [2.05, 4.69) is 103 Å². The Kier molecular flexibility index (Phi) is 33.1. The van der Waals surface area contributed by atoms with Crippen molar-refractivity contribution in [3.8, 4) is 35.5 Å². The molecule has 25 heteroatoms. The predicted octanol–water partition coefficient (Wildman–Crippen LogP) is 10.7. The van der Waals surface area contributed by atoms with Crippen LogP contribution < -0.4 is 31.1 Å². The van der Waals surface area contributed by atoms with Crippen LogP contribution in [0.3, 0.4) is 0 Å². The number of rotatable bonds is 26. The number of aromatic nitrogens is 5.